The Morgan fingerprint density at radius 2 is 1.93 bits per heavy atom. The molecule has 1 atom stereocenters. The van der Waals surface area contributed by atoms with Gasteiger partial charge in [-0.05, 0) is 13.3 Å². The largest absolute Gasteiger partial charge is 0.465 e. The first kappa shape index (κ1) is 16.0. The number of hydrogen-bond donors (Lipinski definition) is 0. The van der Waals surface area contributed by atoms with Crippen LogP contribution in [0.4, 0.5) is 0 Å². The molecular weight excluding hydrogens is 228 g/mol. The van der Waals surface area contributed by atoms with E-state index in [-0.39, 0.29) is 14.0 Å². The zero-order chi connectivity index (χ0) is 10.3. The molecule has 6 heteroatoms. The van der Waals surface area contributed by atoms with Crippen LogP contribution in [0, 0.1) is 5.92 Å². The van der Waals surface area contributed by atoms with Gasteiger partial charge in [-0.25, -0.2) is 0 Å². The van der Waals surface area contributed by atoms with Crippen molar-refractivity contribution in [3.8, 4) is 0 Å². The highest BCUT2D eigenvalue weighted by atomic mass is 35.7. The Morgan fingerprint density at radius 3 is 2.29 bits per heavy atom. The molecular formula is C8H15ClO4S. The second-order valence-corrected chi connectivity index (χ2v) is 2.85. The van der Waals surface area contributed by atoms with E-state index in [0.717, 1.165) is 0 Å². The molecule has 0 saturated carbocycles. The molecule has 4 nitrogen and oxygen atoms in total. The van der Waals surface area contributed by atoms with Gasteiger partial charge < -0.3 is 8.92 Å². The highest BCUT2D eigenvalue weighted by molar-refractivity contribution is 8.17. The van der Waals surface area contributed by atoms with Crippen LogP contribution >= 0.6 is 21.9 Å². The minimum absolute atomic E-state index is 0. The summed E-state index contributed by atoms with van der Waals surface area (Å²) in [5.74, 6) is -2.10. The van der Waals surface area contributed by atoms with Gasteiger partial charge in [0.2, 0.25) is 0 Å². The van der Waals surface area contributed by atoms with Crippen molar-refractivity contribution in [2.24, 2.45) is 5.92 Å². The molecule has 1 unspecified atom stereocenters. The summed E-state index contributed by atoms with van der Waals surface area (Å²) in [5.41, 5.74) is 0. The molecule has 0 amide bonds. The summed E-state index contributed by atoms with van der Waals surface area (Å²) in [6.45, 7) is 3.62. The van der Waals surface area contributed by atoms with Gasteiger partial charge in [-0.3, -0.25) is 9.59 Å². The maximum absolute atomic E-state index is 11.1. The zero-order valence-corrected chi connectivity index (χ0v) is 8.98. The van der Waals surface area contributed by atoms with Gasteiger partial charge >= 0.3 is 11.9 Å². The van der Waals surface area contributed by atoms with E-state index in [0.29, 0.717) is 17.7 Å². The van der Waals surface area contributed by atoms with Crippen LogP contribution in [0.1, 0.15) is 27.7 Å². The summed E-state index contributed by atoms with van der Waals surface area (Å²) < 4.78 is 9.07. The van der Waals surface area contributed by atoms with E-state index in [1.807, 2.05) is 0 Å². The third-order valence-corrected chi connectivity index (χ3v) is 1.79. The molecule has 0 bridgehead atoms. The number of hydrogen-bond acceptors (Lipinski definition) is 5. The lowest BCUT2D eigenvalue weighted by atomic mass is 10.1. The van der Waals surface area contributed by atoms with Gasteiger partial charge in [-0.2, -0.15) is 0 Å². The fraction of sp³-hybridized carbons (Fsp3) is 0.750. The molecule has 0 saturated heterocycles. The number of esters is 1. The van der Waals surface area contributed by atoms with E-state index in [1.165, 1.54) is 0 Å². The number of halogens is 1. The van der Waals surface area contributed by atoms with Gasteiger partial charge in [-0.15, -0.1) is 0 Å². The lowest BCUT2D eigenvalue weighted by Gasteiger charge is -2.09. The molecule has 0 aromatic rings. The monoisotopic (exact) mass is 242 g/mol. The Morgan fingerprint density at radius 1 is 1.36 bits per heavy atom. The Bertz CT molecular complexity index is 168. The van der Waals surface area contributed by atoms with E-state index in [1.54, 1.807) is 13.8 Å². The molecule has 0 aliphatic carbocycles. The van der Waals surface area contributed by atoms with Gasteiger partial charge in [0.25, 0.3) is 0 Å². The van der Waals surface area contributed by atoms with Gasteiger partial charge in [0, 0.05) is 10.7 Å². The third kappa shape index (κ3) is 5.34. The molecule has 0 aliphatic rings. The highest BCUT2D eigenvalue weighted by Crippen LogP contribution is 2.15. The Hall–Kier alpha value is -0.420. The maximum atomic E-state index is 11.1. The van der Waals surface area contributed by atoms with Crippen molar-refractivity contribution in [2.45, 2.75) is 27.7 Å². The fourth-order valence-corrected chi connectivity index (χ4v) is 1.13. The van der Waals surface area contributed by atoms with Crippen molar-refractivity contribution < 1.29 is 18.5 Å². The molecule has 0 rings (SSSR count). The van der Waals surface area contributed by atoms with Crippen LogP contribution < -0.4 is 0 Å². The lowest BCUT2D eigenvalue weighted by Crippen LogP contribution is -2.25. The van der Waals surface area contributed by atoms with Crippen LogP contribution in [0.5, 0.6) is 0 Å². The summed E-state index contributed by atoms with van der Waals surface area (Å²) in [6, 6.07) is 0. The van der Waals surface area contributed by atoms with E-state index in [9.17, 15) is 9.59 Å². The van der Waals surface area contributed by atoms with E-state index < -0.39 is 17.9 Å². The van der Waals surface area contributed by atoms with Crippen molar-refractivity contribution >= 4 is 33.9 Å². The summed E-state index contributed by atoms with van der Waals surface area (Å²) in [7, 11) is 5.10. The van der Waals surface area contributed by atoms with Crippen LogP contribution in [0.2, 0.25) is 0 Å². The lowest BCUT2D eigenvalue weighted by molar-refractivity contribution is -0.156. The number of carbonyl (C=O) groups excluding carboxylic acids is 2. The molecule has 14 heavy (non-hydrogen) atoms. The van der Waals surface area contributed by atoms with Gasteiger partial charge in [0.05, 0.1) is 6.61 Å². The zero-order valence-electron chi connectivity index (χ0n) is 7.41. The van der Waals surface area contributed by atoms with Gasteiger partial charge in [0.1, 0.15) is 0 Å². The minimum Gasteiger partial charge on any atom is -0.465 e. The smallest absolute Gasteiger partial charge is 0.333 e. The van der Waals surface area contributed by atoms with Crippen LogP contribution in [-0.2, 0) is 18.5 Å². The highest BCUT2D eigenvalue weighted by Gasteiger charge is 2.27. The number of carbonyl (C=O) groups is 2. The number of ether oxygens (including phenoxy) is 1. The molecule has 0 spiro atoms. The summed E-state index contributed by atoms with van der Waals surface area (Å²) in [6.07, 6.45) is 0.342. The normalized spacial score (nSPS) is 11.1. The SMILES string of the molecule is C.CCOC(=O)C(CC)C(=O)OSCl. The topological polar surface area (TPSA) is 52.6 Å². The minimum atomic E-state index is -0.869. The van der Waals surface area contributed by atoms with Gasteiger partial charge in [-0.1, -0.05) is 14.4 Å². The van der Waals surface area contributed by atoms with E-state index >= 15 is 0 Å². The average molecular weight is 243 g/mol. The third-order valence-electron chi connectivity index (χ3n) is 1.38. The predicted molar refractivity (Wildman–Crippen MR) is 56.7 cm³/mol. The standard InChI is InChI=1S/C7H11ClO4S.CH4/c1-3-5(6(9)11-4-2)7(10)12-13-8;/h5H,3-4H2,1-2H3;1H4. The predicted octanol–water partition coefficient (Wildman–Crippen LogP) is 2.56. The van der Waals surface area contributed by atoms with Crippen molar-refractivity contribution in [3.63, 3.8) is 0 Å². The second kappa shape index (κ2) is 9.15. The van der Waals surface area contributed by atoms with Crippen molar-refractivity contribution in [1.82, 2.24) is 0 Å². The van der Waals surface area contributed by atoms with Crippen molar-refractivity contribution in [3.05, 3.63) is 0 Å². The number of rotatable bonds is 5. The molecule has 0 aliphatic heterocycles. The molecule has 84 valence electrons. The molecule has 0 aromatic heterocycles. The second-order valence-electron chi connectivity index (χ2n) is 2.18. The first-order chi connectivity index (χ1) is 6.17. The Labute approximate surface area is 93.0 Å². The van der Waals surface area contributed by atoms with Crippen LogP contribution in [0.25, 0.3) is 0 Å². The molecule has 0 N–H and O–H groups in total. The molecule has 0 heterocycles. The first-order valence-corrected chi connectivity index (χ1v) is 5.39. The van der Waals surface area contributed by atoms with Crippen LogP contribution in [-0.4, -0.2) is 18.5 Å². The Balaban J connectivity index is 0. The summed E-state index contributed by atoms with van der Waals surface area (Å²) >= 11 is 0.404. The fourth-order valence-electron chi connectivity index (χ4n) is 0.762. The van der Waals surface area contributed by atoms with E-state index in [4.69, 9.17) is 10.7 Å². The Kier molecular flexibility index (Phi) is 10.5. The summed E-state index contributed by atoms with van der Waals surface area (Å²) in [5, 5.41) is 0. The summed E-state index contributed by atoms with van der Waals surface area (Å²) in [4.78, 5) is 22.2. The van der Waals surface area contributed by atoms with Crippen molar-refractivity contribution in [2.75, 3.05) is 6.61 Å². The first-order valence-electron chi connectivity index (χ1n) is 3.83. The van der Waals surface area contributed by atoms with Crippen molar-refractivity contribution in [1.29, 1.82) is 0 Å². The molecule has 0 radical (unpaired) electrons. The quantitative estimate of drug-likeness (QED) is 0.421. The molecule has 0 aromatic carbocycles. The van der Waals surface area contributed by atoms with E-state index in [2.05, 4.69) is 8.92 Å². The van der Waals surface area contributed by atoms with Gasteiger partial charge in [0.15, 0.2) is 17.2 Å². The van der Waals surface area contributed by atoms with Crippen LogP contribution in [0.15, 0.2) is 0 Å². The van der Waals surface area contributed by atoms with Crippen LogP contribution in [0.3, 0.4) is 0 Å². The maximum Gasteiger partial charge on any atom is 0.333 e. The molecule has 0 fully saturated rings. The average Bonchev–Trinajstić information content (AvgIpc) is 2.06.